The van der Waals surface area contributed by atoms with Crippen molar-refractivity contribution in [2.24, 2.45) is 0 Å². The minimum absolute atomic E-state index is 0.0173. The number of furan rings is 1. The van der Waals surface area contributed by atoms with Crippen LogP contribution in [0.15, 0.2) is 46.9 Å². The maximum atomic E-state index is 12.3. The Hall–Kier alpha value is -1.62. The zero-order chi connectivity index (χ0) is 14.8. The number of benzene rings is 1. The monoisotopic (exact) mass is 319 g/mol. The van der Waals surface area contributed by atoms with Crippen molar-refractivity contribution >= 4 is 39.7 Å². The van der Waals surface area contributed by atoms with Gasteiger partial charge in [-0.3, -0.25) is 9.69 Å². The maximum Gasteiger partial charge on any atom is 0.211 e. The number of fused-ring (bicyclic) bond motifs is 1. The number of likely N-dealkylation sites (N-methyl/N-ethyl adjacent to an activating group) is 1. The molecule has 108 valence electrons. The fourth-order valence-electron chi connectivity index (χ4n) is 2.20. The van der Waals surface area contributed by atoms with Gasteiger partial charge in [-0.05, 0) is 31.3 Å². The second-order valence-corrected chi connectivity index (χ2v) is 6.75. The molecule has 3 nitrogen and oxygen atoms in total. The number of carbonyl (C=O) groups is 1. The van der Waals surface area contributed by atoms with Gasteiger partial charge in [-0.1, -0.05) is 29.8 Å². The first-order valence-corrected chi connectivity index (χ1v) is 7.76. The van der Waals surface area contributed by atoms with Crippen molar-refractivity contribution in [1.29, 1.82) is 0 Å². The first-order chi connectivity index (χ1) is 10.1. The van der Waals surface area contributed by atoms with Crippen molar-refractivity contribution in [2.45, 2.75) is 6.54 Å². The van der Waals surface area contributed by atoms with Gasteiger partial charge in [-0.25, -0.2) is 0 Å². The quantitative estimate of drug-likeness (QED) is 0.651. The second kappa shape index (κ2) is 6.02. The van der Waals surface area contributed by atoms with Crippen LogP contribution in [-0.2, 0) is 6.54 Å². The normalized spacial score (nSPS) is 11.4. The summed E-state index contributed by atoms with van der Waals surface area (Å²) in [6.07, 6.45) is 0. The molecule has 2 aromatic heterocycles. The number of nitrogens with zero attached hydrogens (tertiary/aromatic N) is 1. The lowest BCUT2D eigenvalue weighted by Gasteiger charge is -2.13. The number of thiophene rings is 1. The molecule has 2 heterocycles. The van der Waals surface area contributed by atoms with E-state index in [0.717, 1.165) is 20.2 Å². The van der Waals surface area contributed by atoms with E-state index in [2.05, 4.69) is 0 Å². The molecule has 0 aliphatic heterocycles. The molecule has 3 aromatic rings. The van der Waals surface area contributed by atoms with Gasteiger partial charge in [0, 0.05) is 16.8 Å². The van der Waals surface area contributed by atoms with Gasteiger partial charge in [0.05, 0.1) is 10.9 Å². The summed E-state index contributed by atoms with van der Waals surface area (Å²) in [6.45, 7) is 1.01. The first kappa shape index (κ1) is 14.3. The number of para-hydroxylation sites is 1. The SMILES string of the molecule is CN(CC(=O)c1cc2ccccc2o1)Cc1ccc(Cl)s1. The van der Waals surface area contributed by atoms with Gasteiger partial charge in [0.25, 0.3) is 0 Å². The topological polar surface area (TPSA) is 33.5 Å². The summed E-state index contributed by atoms with van der Waals surface area (Å²) in [5, 5.41) is 0.952. The van der Waals surface area contributed by atoms with Gasteiger partial charge in [-0.2, -0.15) is 0 Å². The van der Waals surface area contributed by atoms with E-state index in [0.29, 0.717) is 18.8 Å². The minimum Gasteiger partial charge on any atom is -0.453 e. The smallest absolute Gasteiger partial charge is 0.211 e. The Labute approximate surface area is 131 Å². The predicted molar refractivity (Wildman–Crippen MR) is 86.2 cm³/mol. The van der Waals surface area contributed by atoms with Gasteiger partial charge >= 0.3 is 0 Å². The lowest BCUT2D eigenvalue weighted by atomic mass is 10.2. The highest BCUT2D eigenvalue weighted by molar-refractivity contribution is 7.16. The lowest BCUT2D eigenvalue weighted by molar-refractivity contribution is 0.0918. The fourth-order valence-corrected chi connectivity index (χ4v) is 3.37. The molecule has 0 amide bonds. The molecule has 0 N–H and O–H groups in total. The number of carbonyl (C=O) groups excluding carboxylic acids is 1. The second-order valence-electron chi connectivity index (χ2n) is 4.95. The summed E-state index contributed by atoms with van der Waals surface area (Å²) in [7, 11) is 1.91. The van der Waals surface area contributed by atoms with E-state index in [4.69, 9.17) is 16.0 Å². The van der Waals surface area contributed by atoms with Crippen LogP contribution in [0.2, 0.25) is 4.34 Å². The Morgan fingerprint density at radius 3 is 2.81 bits per heavy atom. The molecule has 3 rings (SSSR count). The molecule has 0 saturated heterocycles. The van der Waals surface area contributed by atoms with Crippen molar-refractivity contribution in [3.63, 3.8) is 0 Å². The van der Waals surface area contributed by atoms with Crippen molar-refractivity contribution in [3.8, 4) is 0 Å². The lowest BCUT2D eigenvalue weighted by Crippen LogP contribution is -2.25. The van der Waals surface area contributed by atoms with Gasteiger partial charge in [-0.15, -0.1) is 11.3 Å². The number of Topliss-reactive ketones (excluding diaryl/α,β-unsaturated/α-hetero) is 1. The highest BCUT2D eigenvalue weighted by Crippen LogP contribution is 2.23. The van der Waals surface area contributed by atoms with Gasteiger partial charge < -0.3 is 4.42 Å². The van der Waals surface area contributed by atoms with E-state index in [1.807, 2.05) is 48.3 Å². The Bertz CT molecular complexity index is 744. The third-order valence-electron chi connectivity index (χ3n) is 3.17. The van der Waals surface area contributed by atoms with E-state index >= 15 is 0 Å². The van der Waals surface area contributed by atoms with E-state index in [9.17, 15) is 4.79 Å². The number of ketones is 1. The molecular weight excluding hydrogens is 306 g/mol. The molecular formula is C16H14ClNO2S. The predicted octanol–water partition coefficient (Wildman–Crippen LogP) is 4.46. The standard InChI is InChI=1S/C16H14ClNO2S/c1-18(9-12-6-7-16(17)21-12)10-13(19)15-8-11-4-2-3-5-14(11)20-15/h2-8H,9-10H2,1H3. The van der Waals surface area contributed by atoms with Gasteiger partial charge in [0.15, 0.2) is 5.76 Å². The third kappa shape index (κ3) is 3.35. The summed E-state index contributed by atoms with van der Waals surface area (Å²) in [6, 6.07) is 13.3. The summed E-state index contributed by atoms with van der Waals surface area (Å²) >= 11 is 7.44. The van der Waals surface area contributed by atoms with Crippen LogP contribution in [-0.4, -0.2) is 24.3 Å². The van der Waals surface area contributed by atoms with E-state index in [1.165, 1.54) is 11.3 Å². The Morgan fingerprint density at radius 1 is 1.29 bits per heavy atom. The Kier molecular flexibility index (Phi) is 4.10. The van der Waals surface area contributed by atoms with Crippen LogP contribution in [0.4, 0.5) is 0 Å². The van der Waals surface area contributed by atoms with E-state index < -0.39 is 0 Å². The molecule has 0 fully saturated rings. The molecule has 0 atom stereocenters. The van der Waals surface area contributed by atoms with Crippen molar-refractivity contribution < 1.29 is 9.21 Å². The van der Waals surface area contributed by atoms with Gasteiger partial charge in [0.2, 0.25) is 5.78 Å². The first-order valence-electron chi connectivity index (χ1n) is 6.56. The number of hydrogen-bond donors (Lipinski definition) is 0. The fraction of sp³-hybridized carbons (Fsp3) is 0.188. The maximum absolute atomic E-state index is 12.3. The summed E-state index contributed by atoms with van der Waals surface area (Å²) < 4.78 is 6.36. The molecule has 0 bridgehead atoms. The molecule has 0 radical (unpaired) electrons. The van der Waals surface area contributed by atoms with Crippen LogP contribution in [0, 0.1) is 0 Å². The number of halogens is 1. The Morgan fingerprint density at radius 2 is 2.10 bits per heavy atom. The largest absolute Gasteiger partial charge is 0.453 e. The molecule has 0 aliphatic rings. The summed E-state index contributed by atoms with van der Waals surface area (Å²) in [4.78, 5) is 15.4. The van der Waals surface area contributed by atoms with Crippen LogP contribution in [0.3, 0.4) is 0 Å². The van der Waals surface area contributed by atoms with Crippen molar-refractivity contribution in [2.75, 3.05) is 13.6 Å². The zero-order valence-electron chi connectivity index (χ0n) is 11.5. The molecule has 21 heavy (non-hydrogen) atoms. The van der Waals surface area contributed by atoms with Crippen LogP contribution >= 0.6 is 22.9 Å². The molecule has 0 aliphatic carbocycles. The molecule has 1 aromatic carbocycles. The molecule has 0 spiro atoms. The number of hydrogen-bond acceptors (Lipinski definition) is 4. The van der Waals surface area contributed by atoms with Crippen molar-refractivity contribution in [3.05, 3.63) is 57.4 Å². The summed E-state index contributed by atoms with van der Waals surface area (Å²) in [5.74, 6) is 0.392. The average Bonchev–Trinajstić information content (AvgIpc) is 3.04. The number of rotatable bonds is 5. The highest BCUT2D eigenvalue weighted by atomic mass is 35.5. The minimum atomic E-state index is -0.0173. The zero-order valence-corrected chi connectivity index (χ0v) is 13.1. The van der Waals surface area contributed by atoms with E-state index in [1.54, 1.807) is 6.07 Å². The molecule has 0 saturated carbocycles. The van der Waals surface area contributed by atoms with E-state index in [-0.39, 0.29) is 5.78 Å². The van der Waals surface area contributed by atoms with Gasteiger partial charge in [0.1, 0.15) is 5.58 Å². The highest BCUT2D eigenvalue weighted by Gasteiger charge is 2.15. The molecule has 0 unspecified atom stereocenters. The van der Waals surface area contributed by atoms with Crippen molar-refractivity contribution in [1.82, 2.24) is 4.90 Å². The third-order valence-corrected chi connectivity index (χ3v) is 4.38. The summed E-state index contributed by atoms with van der Waals surface area (Å²) in [5.41, 5.74) is 0.744. The van der Waals surface area contributed by atoms with Crippen LogP contribution < -0.4 is 0 Å². The Balaban J connectivity index is 1.67. The van der Waals surface area contributed by atoms with Crippen LogP contribution in [0.5, 0.6) is 0 Å². The van der Waals surface area contributed by atoms with Crippen LogP contribution in [0.1, 0.15) is 15.4 Å². The average molecular weight is 320 g/mol. The van der Waals surface area contributed by atoms with Crippen LogP contribution in [0.25, 0.3) is 11.0 Å². The molecule has 5 heteroatoms.